The molecule has 128 valence electrons. The molecule has 1 aromatic heterocycles. The van der Waals surface area contributed by atoms with Gasteiger partial charge in [0.05, 0.1) is 11.8 Å². The Balaban J connectivity index is 1.67. The molecule has 1 aromatic carbocycles. The van der Waals surface area contributed by atoms with Crippen LogP contribution in [-0.2, 0) is 0 Å². The fraction of sp³-hybridized carbons (Fsp3) is 0.444. The van der Waals surface area contributed by atoms with Gasteiger partial charge in [0.2, 0.25) is 0 Å². The first-order chi connectivity index (χ1) is 11.5. The van der Waals surface area contributed by atoms with Gasteiger partial charge in [0.1, 0.15) is 11.5 Å². The van der Waals surface area contributed by atoms with Crippen molar-refractivity contribution in [2.75, 3.05) is 13.6 Å². The lowest BCUT2D eigenvalue weighted by molar-refractivity contribution is 0.0448. The van der Waals surface area contributed by atoms with E-state index in [1.807, 2.05) is 0 Å². The molecule has 0 bridgehead atoms. The zero-order valence-corrected chi connectivity index (χ0v) is 13.7. The van der Waals surface area contributed by atoms with Crippen molar-refractivity contribution < 1.29 is 14.3 Å². The van der Waals surface area contributed by atoms with Crippen LogP contribution in [0.15, 0.2) is 30.3 Å². The van der Waals surface area contributed by atoms with Crippen LogP contribution in [0.5, 0.6) is 0 Å². The standard InChI is InChI=1S/C18H22FN3O2/c1-22(11-13-4-2-3-5-17(13)23)18(24)16-10-15(20-21-16)12-6-8-14(19)9-7-12/h6-10,13,17,23H,2-5,11H2,1H3,(H,20,21). The van der Waals surface area contributed by atoms with E-state index in [0.717, 1.165) is 31.2 Å². The number of hydrogen-bond acceptors (Lipinski definition) is 3. The van der Waals surface area contributed by atoms with Gasteiger partial charge < -0.3 is 10.0 Å². The summed E-state index contributed by atoms with van der Waals surface area (Å²) in [5, 5.41) is 16.9. The van der Waals surface area contributed by atoms with E-state index in [9.17, 15) is 14.3 Å². The van der Waals surface area contributed by atoms with Gasteiger partial charge in [-0.3, -0.25) is 9.89 Å². The van der Waals surface area contributed by atoms with Crippen LogP contribution in [0.3, 0.4) is 0 Å². The molecule has 24 heavy (non-hydrogen) atoms. The smallest absolute Gasteiger partial charge is 0.271 e. The fourth-order valence-electron chi connectivity index (χ4n) is 3.24. The Hall–Kier alpha value is -2.21. The average molecular weight is 331 g/mol. The van der Waals surface area contributed by atoms with E-state index in [2.05, 4.69) is 10.2 Å². The highest BCUT2D eigenvalue weighted by atomic mass is 19.1. The van der Waals surface area contributed by atoms with Crippen molar-refractivity contribution in [3.8, 4) is 11.3 Å². The van der Waals surface area contributed by atoms with Crippen LogP contribution < -0.4 is 0 Å². The minimum absolute atomic E-state index is 0.132. The topological polar surface area (TPSA) is 69.2 Å². The number of aromatic amines is 1. The number of carbonyl (C=O) groups excluding carboxylic acids is 1. The minimum atomic E-state index is -0.328. The molecule has 1 heterocycles. The number of halogens is 1. The zero-order chi connectivity index (χ0) is 17.1. The van der Waals surface area contributed by atoms with Gasteiger partial charge >= 0.3 is 0 Å². The van der Waals surface area contributed by atoms with Gasteiger partial charge in [-0.2, -0.15) is 5.10 Å². The highest BCUT2D eigenvalue weighted by molar-refractivity contribution is 5.93. The Morgan fingerprint density at radius 2 is 2.04 bits per heavy atom. The van der Waals surface area contributed by atoms with E-state index in [1.165, 1.54) is 12.1 Å². The summed E-state index contributed by atoms with van der Waals surface area (Å²) in [5.41, 5.74) is 1.74. The van der Waals surface area contributed by atoms with Gasteiger partial charge in [0.25, 0.3) is 5.91 Å². The Bertz CT molecular complexity index is 699. The number of aliphatic hydroxyl groups is 1. The van der Waals surface area contributed by atoms with Crippen LogP contribution in [0.2, 0.25) is 0 Å². The molecule has 0 spiro atoms. The van der Waals surface area contributed by atoms with Gasteiger partial charge in [0, 0.05) is 25.1 Å². The number of benzene rings is 1. The minimum Gasteiger partial charge on any atom is -0.393 e. The second kappa shape index (κ2) is 7.13. The molecule has 2 unspecified atom stereocenters. The first kappa shape index (κ1) is 16.6. The Kier molecular flexibility index (Phi) is 4.94. The summed E-state index contributed by atoms with van der Waals surface area (Å²) in [4.78, 5) is 14.2. The van der Waals surface area contributed by atoms with Crippen molar-refractivity contribution in [1.29, 1.82) is 0 Å². The Morgan fingerprint density at radius 3 is 2.75 bits per heavy atom. The number of nitrogens with zero attached hydrogens (tertiary/aromatic N) is 2. The molecule has 1 amide bonds. The van der Waals surface area contributed by atoms with Crippen molar-refractivity contribution in [1.82, 2.24) is 15.1 Å². The maximum atomic E-state index is 13.0. The van der Waals surface area contributed by atoms with Gasteiger partial charge in [0.15, 0.2) is 0 Å². The van der Waals surface area contributed by atoms with Gasteiger partial charge in [-0.25, -0.2) is 4.39 Å². The summed E-state index contributed by atoms with van der Waals surface area (Å²) in [6.07, 6.45) is 3.58. The second-order valence-electron chi connectivity index (χ2n) is 6.47. The second-order valence-corrected chi connectivity index (χ2v) is 6.47. The number of H-pyrrole nitrogens is 1. The predicted octanol–water partition coefficient (Wildman–Crippen LogP) is 2.84. The highest BCUT2D eigenvalue weighted by Gasteiger charge is 2.26. The van der Waals surface area contributed by atoms with Gasteiger partial charge in [-0.05, 0) is 43.2 Å². The van der Waals surface area contributed by atoms with Gasteiger partial charge in [-0.15, -0.1) is 0 Å². The predicted molar refractivity (Wildman–Crippen MR) is 88.9 cm³/mol. The number of aromatic nitrogens is 2. The number of aliphatic hydroxyl groups excluding tert-OH is 1. The third-order valence-electron chi connectivity index (χ3n) is 4.67. The maximum absolute atomic E-state index is 13.0. The molecular formula is C18H22FN3O2. The van der Waals surface area contributed by atoms with Crippen molar-refractivity contribution in [2.45, 2.75) is 31.8 Å². The van der Waals surface area contributed by atoms with E-state index in [-0.39, 0.29) is 23.7 Å². The van der Waals surface area contributed by atoms with Crippen molar-refractivity contribution in [2.24, 2.45) is 5.92 Å². The summed E-state index contributed by atoms with van der Waals surface area (Å²) in [6, 6.07) is 7.65. The van der Waals surface area contributed by atoms with E-state index in [0.29, 0.717) is 17.9 Å². The molecule has 1 aliphatic carbocycles. The molecular weight excluding hydrogens is 309 g/mol. The normalized spacial score (nSPS) is 20.8. The number of carbonyl (C=O) groups is 1. The number of amides is 1. The number of rotatable bonds is 4. The lowest BCUT2D eigenvalue weighted by Crippen LogP contribution is -2.38. The highest BCUT2D eigenvalue weighted by Crippen LogP contribution is 2.25. The molecule has 3 rings (SSSR count). The summed E-state index contributed by atoms with van der Waals surface area (Å²) >= 11 is 0. The molecule has 1 saturated carbocycles. The maximum Gasteiger partial charge on any atom is 0.271 e. The molecule has 1 fully saturated rings. The van der Waals surface area contributed by atoms with E-state index in [1.54, 1.807) is 30.1 Å². The first-order valence-electron chi connectivity index (χ1n) is 8.29. The fourth-order valence-corrected chi connectivity index (χ4v) is 3.24. The lowest BCUT2D eigenvalue weighted by Gasteiger charge is -2.31. The largest absolute Gasteiger partial charge is 0.393 e. The number of nitrogens with one attached hydrogen (secondary N) is 1. The third kappa shape index (κ3) is 3.64. The molecule has 0 radical (unpaired) electrons. The van der Waals surface area contributed by atoms with E-state index >= 15 is 0 Å². The summed E-state index contributed by atoms with van der Waals surface area (Å²) in [6.45, 7) is 0.533. The number of hydrogen-bond donors (Lipinski definition) is 2. The lowest BCUT2D eigenvalue weighted by atomic mass is 9.86. The molecule has 2 N–H and O–H groups in total. The van der Waals surface area contributed by atoms with Crippen molar-refractivity contribution in [3.05, 3.63) is 41.8 Å². The van der Waals surface area contributed by atoms with Crippen LogP contribution in [0, 0.1) is 11.7 Å². The molecule has 0 saturated heterocycles. The molecule has 6 heteroatoms. The molecule has 2 aromatic rings. The van der Waals surface area contributed by atoms with E-state index in [4.69, 9.17) is 0 Å². The SMILES string of the molecule is CN(CC1CCCCC1O)C(=O)c1cc(-c2ccc(F)cc2)n[nH]1. The van der Waals surface area contributed by atoms with Crippen molar-refractivity contribution >= 4 is 5.91 Å². The van der Waals surface area contributed by atoms with Crippen molar-refractivity contribution in [3.63, 3.8) is 0 Å². The van der Waals surface area contributed by atoms with Crippen LogP contribution in [0.4, 0.5) is 4.39 Å². The Labute approximate surface area is 140 Å². The van der Waals surface area contributed by atoms with Crippen LogP contribution in [-0.4, -0.2) is 45.8 Å². The molecule has 0 aliphatic heterocycles. The average Bonchev–Trinajstić information content (AvgIpc) is 3.07. The van der Waals surface area contributed by atoms with E-state index < -0.39 is 0 Å². The van der Waals surface area contributed by atoms with Crippen LogP contribution in [0.25, 0.3) is 11.3 Å². The van der Waals surface area contributed by atoms with Crippen LogP contribution >= 0.6 is 0 Å². The quantitative estimate of drug-likeness (QED) is 0.905. The monoisotopic (exact) mass is 331 g/mol. The zero-order valence-electron chi connectivity index (χ0n) is 13.7. The molecule has 1 aliphatic rings. The third-order valence-corrected chi connectivity index (χ3v) is 4.67. The summed E-state index contributed by atoms with van der Waals surface area (Å²) in [5.74, 6) is -0.336. The summed E-state index contributed by atoms with van der Waals surface area (Å²) < 4.78 is 13.0. The summed E-state index contributed by atoms with van der Waals surface area (Å²) in [7, 11) is 1.74. The first-order valence-corrected chi connectivity index (χ1v) is 8.29. The molecule has 2 atom stereocenters. The molecule has 5 nitrogen and oxygen atoms in total. The van der Waals surface area contributed by atoms with Crippen LogP contribution in [0.1, 0.15) is 36.2 Å². The van der Waals surface area contributed by atoms with Gasteiger partial charge in [-0.1, -0.05) is 12.8 Å². The Morgan fingerprint density at radius 1 is 1.33 bits per heavy atom.